The van der Waals surface area contributed by atoms with Gasteiger partial charge in [0.15, 0.2) is 0 Å². The third-order valence-electron chi connectivity index (χ3n) is 1.56. The number of hydrogen-bond donors (Lipinski definition) is 0. The standard InChI is InChI=1S/C11H10BrCl/c1-2-10(12)7-6-9-4-3-5-11(13)8-9/h3-5,8,10H,2H2,1H3. The SMILES string of the molecule is CCC(Br)C#Cc1cccc(Cl)c1. The lowest BCUT2D eigenvalue weighted by molar-refractivity contribution is 1.01. The summed E-state index contributed by atoms with van der Waals surface area (Å²) in [4.78, 5) is 0.270. The summed E-state index contributed by atoms with van der Waals surface area (Å²) in [5.74, 6) is 6.14. The lowest BCUT2D eigenvalue weighted by Crippen LogP contribution is -1.88. The molecule has 0 saturated carbocycles. The van der Waals surface area contributed by atoms with Crippen molar-refractivity contribution in [3.8, 4) is 11.8 Å². The number of alkyl halides is 1. The minimum Gasteiger partial charge on any atom is -0.0843 e. The molecule has 1 aromatic rings. The Balaban J connectivity index is 2.77. The van der Waals surface area contributed by atoms with Crippen LogP contribution in [0.15, 0.2) is 24.3 Å². The molecule has 2 heteroatoms. The van der Waals surface area contributed by atoms with Crippen molar-refractivity contribution in [1.29, 1.82) is 0 Å². The van der Waals surface area contributed by atoms with Gasteiger partial charge in [-0.2, -0.15) is 0 Å². The first-order valence-corrected chi connectivity index (χ1v) is 5.43. The Labute approximate surface area is 92.4 Å². The lowest BCUT2D eigenvalue weighted by atomic mass is 10.2. The van der Waals surface area contributed by atoms with Crippen LogP contribution in [0.4, 0.5) is 0 Å². The van der Waals surface area contributed by atoms with Crippen LogP contribution in [0.1, 0.15) is 18.9 Å². The fraction of sp³-hybridized carbons (Fsp3) is 0.273. The maximum absolute atomic E-state index is 5.81. The third kappa shape index (κ3) is 3.85. The van der Waals surface area contributed by atoms with Gasteiger partial charge in [-0.3, -0.25) is 0 Å². The highest BCUT2D eigenvalue weighted by Gasteiger charge is 1.92. The van der Waals surface area contributed by atoms with E-state index in [1.54, 1.807) is 0 Å². The molecule has 1 aromatic carbocycles. The summed E-state index contributed by atoms with van der Waals surface area (Å²) in [6.07, 6.45) is 1.01. The third-order valence-corrected chi connectivity index (χ3v) is 2.67. The highest BCUT2D eigenvalue weighted by Crippen LogP contribution is 2.10. The molecule has 0 bridgehead atoms. The highest BCUT2D eigenvalue weighted by molar-refractivity contribution is 9.09. The predicted molar refractivity (Wildman–Crippen MR) is 61.3 cm³/mol. The van der Waals surface area contributed by atoms with Gasteiger partial charge in [0.25, 0.3) is 0 Å². The van der Waals surface area contributed by atoms with Gasteiger partial charge >= 0.3 is 0 Å². The minimum absolute atomic E-state index is 0.270. The van der Waals surface area contributed by atoms with Crippen LogP contribution in [0.2, 0.25) is 5.02 Å². The summed E-state index contributed by atoms with van der Waals surface area (Å²) in [5, 5.41) is 0.731. The van der Waals surface area contributed by atoms with E-state index in [0.717, 1.165) is 17.0 Å². The van der Waals surface area contributed by atoms with E-state index < -0.39 is 0 Å². The van der Waals surface area contributed by atoms with E-state index in [-0.39, 0.29) is 4.83 Å². The molecular weight excluding hydrogens is 247 g/mol. The van der Waals surface area contributed by atoms with Crippen LogP contribution < -0.4 is 0 Å². The molecule has 0 saturated heterocycles. The fourth-order valence-corrected chi connectivity index (χ4v) is 1.13. The normalized spacial score (nSPS) is 11.6. The highest BCUT2D eigenvalue weighted by atomic mass is 79.9. The second-order valence-electron chi connectivity index (χ2n) is 2.66. The zero-order valence-corrected chi connectivity index (χ0v) is 9.69. The second kappa shape index (κ2) is 5.32. The smallest absolute Gasteiger partial charge is 0.0755 e. The van der Waals surface area contributed by atoms with Gasteiger partial charge in [-0.05, 0) is 24.6 Å². The molecule has 0 fully saturated rings. The van der Waals surface area contributed by atoms with Gasteiger partial charge in [0, 0.05) is 10.6 Å². The predicted octanol–water partition coefficient (Wildman–Crippen LogP) is 3.87. The molecule has 0 aromatic heterocycles. The Hall–Kier alpha value is -0.450. The van der Waals surface area contributed by atoms with Crippen LogP contribution in [0.5, 0.6) is 0 Å². The molecule has 0 N–H and O–H groups in total. The van der Waals surface area contributed by atoms with Crippen molar-refractivity contribution in [3.63, 3.8) is 0 Å². The quantitative estimate of drug-likeness (QED) is 0.529. The molecule has 0 nitrogen and oxygen atoms in total. The maximum atomic E-state index is 5.81. The molecular formula is C11H10BrCl. The minimum atomic E-state index is 0.270. The Bertz CT molecular complexity index is 335. The van der Waals surface area contributed by atoms with Crippen molar-refractivity contribution in [2.75, 3.05) is 0 Å². The Kier molecular flexibility index (Phi) is 4.35. The van der Waals surface area contributed by atoms with Crippen molar-refractivity contribution in [1.82, 2.24) is 0 Å². The number of rotatable bonds is 1. The second-order valence-corrected chi connectivity index (χ2v) is 4.20. The molecule has 0 heterocycles. The molecule has 68 valence electrons. The summed E-state index contributed by atoms with van der Waals surface area (Å²) in [7, 11) is 0. The van der Waals surface area contributed by atoms with E-state index in [4.69, 9.17) is 11.6 Å². The molecule has 0 aliphatic heterocycles. The van der Waals surface area contributed by atoms with E-state index in [0.29, 0.717) is 0 Å². The molecule has 1 unspecified atom stereocenters. The number of hydrogen-bond acceptors (Lipinski definition) is 0. The van der Waals surface area contributed by atoms with E-state index in [9.17, 15) is 0 Å². The van der Waals surface area contributed by atoms with Crippen molar-refractivity contribution in [2.24, 2.45) is 0 Å². The van der Waals surface area contributed by atoms with Gasteiger partial charge in [-0.25, -0.2) is 0 Å². The Morgan fingerprint density at radius 1 is 1.54 bits per heavy atom. The largest absolute Gasteiger partial charge is 0.0843 e. The van der Waals surface area contributed by atoms with Gasteiger partial charge in [-0.1, -0.05) is 52.4 Å². The molecule has 0 radical (unpaired) electrons. The Morgan fingerprint density at radius 3 is 2.92 bits per heavy atom. The van der Waals surface area contributed by atoms with E-state index >= 15 is 0 Å². The van der Waals surface area contributed by atoms with Crippen molar-refractivity contribution >= 4 is 27.5 Å². The Morgan fingerprint density at radius 2 is 2.31 bits per heavy atom. The summed E-state index contributed by atoms with van der Waals surface area (Å²) in [6, 6.07) is 7.57. The first kappa shape index (κ1) is 10.6. The van der Waals surface area contributed by atoms with Crippen molar-refractivity contribution in [3.05, 3.63) is 34.9 Å². The van der Waals surface area contributed by atoms with Crippen LogP contribution >= 0.6 is 27.5 Å². The van der Waals surface area contributed by atoms with Crippen molar-refractivity contribution < 1.29 is 0 Å². The first-order chi connectivity index (χ1) is 6.22. The van der Waals surface area contributed by atoms with Crippen LogP contribution in [0, 0.1) is 11.8 Å². The topological polar surface area (TPSA) is 0 Å². The average Bonchev–Trinajstić information content (AvgIpc) is 2.14. The molecule has 1 atom stereocenters. The maximum Gasteiger partial charge on any atom is 0.0755 e. The monoisotopic (exact) mass is 256 g/mol. The average molecular weight is 258 g/mol. The summed E-state index contributed by atoms with van der Waals surface area (Å²) < 4.78 is 0. The van der Waals surface area contributed by atoms with E-state index in [1.165, 1.54) is 0 Å². The number of halogens is 2. The fourth-order valence-electron chi connectivity index (χ4n) is 0.830. The van der Waals surface area contributed by atoms with Crippen LogP contribution in [0.25, 0.3) is 0 Å². The van der Waals surface area contributed by atoms with Gasteiger partial charge in [0.05, 0.1) is 4.83 Å². The van der Waals surface area contributed by atoms with Gasteiger partial charge in [-0.15, -0.1) is 0 Å². The lowest BCUT2D eigenvalue weighted by Gasteiger charge is -1.93. The summed E-state index contributed by atoms with van der Waals surface area (Å²) in [5.41, 5.74) is 0.963. The van der Waals surface area contributed by atoms with Gasteiger partial charge in [0.1, 0.15) is 0 Å². The first-order valence-electron chi connectivity index (χ1n) is 4.13. The van der Waals surface area contributed by atoms with Gasteiger partial charge in [0.2, 0.25) is 0 Å². The molecule has 1 rings (SSSR count). The molecule has 13 heavy (non-hydrogen) atoms. The number of benzene rings is 1. The zero-order valence-electron chi connectivity index (χ0n) is 7.35. The molecule has 0 spiro atoms. The molecule has 0 aliphatic carbocycles. The van der Waals surface area contributed by atoms with Gasteiger partial charge < -0.3 is 0 Å². The van der Waals surface area contributed by atoms with Crippen LogP contribution in [0.3, 0.4) is 0 Å². The molecule has 0 amide bonds. The summed E-state index contributed by atoms with van der Waals surface area (Å²) >= 11 is 9.26. The van der Waals surface area contributed by atoms with Crippen LogP contribution in [-0.2, 0) is 0 Å². The zero-order chi connectivity index (χ0) is 9.68. The van der Waals surface area contributed by atoms with Crippen molar-refractivity contribution in [2.45, 2.75) is 18.2 Å². The molecule has 0 aliphatic rings. The van der Waals surface area contributed by atoms with E-state index in [1.807, 2.05) is 24.3 Å². The summed E-state index contributed by atoms with van der Waals surface area (Å²) in [6.45, 7) is 2.09. The van der Waals surface area contributed by atoms with E-state index in [2.05, 4.69) is 34.7 Å². The van der Waals surface area contributed by atoms with Crippen LogP contribution in [-0.4, -0.2) is 4.83 Å².